The predicted molar refractivity (Wildman–Crippen MR) is 108 cm³/mol. The van der Waals surface area contributed by atoms with E-state index in [-0.39, 0.29) is 5.88 Å². The smallest absolute Gasteiger partial charge is 0.337 e. The number of nitrogens with zero attached hydrogens (tertiary/aromatic N) is 2. The highest BCUT2D eigenvalue weighted by Gasteiger charge is 2.18. The molecule has 4 rings (SSSR count). The molecule has 3 heterocycles. The molecule has 0 N–H and O–H groups in total. The average Bonchev–Trinajstić information content (AvgIpc) is 3.47. The summed E-state index contributed by atoms with van der Waals surface area (Å²) in [7, 11) is 1.32. The van der Waals surface area contributed by atoms with E-state index < -0.39 is 5.97 Å². The van der Waals surface area contributed by atoms with Crippen LogP contribution in [0.15, 0.2) is 70.9 Å². The van der Waals surface area contributed by atoms with E-state index >= 15 is 0 Å². The fourth-order valence-corrected chi connectivity index (χ4v) is 3.47. The topological polar surface area (TPSA) is 85.3 Å². The van der Waals surface area contributed by atoms with Crippen molar-refractivity contribution in [3.63, 3.8) is 0 Å². The second-order valence-corrected chi connectivity index (χ2v) is 6.90. The molecule has 0 unspecified atom stereocenters. The standard InChI is InChI=1S/C22H14N2O4S/c1-26-22(25)14-4-6-16(7-5-14)28-21-18(12-23)17(15-8-9-27-13-15)11-19(24-21)20-3-2-10-29-20/h2-11,13H,1H3. The van der Waals surface area contributed by atoms with E-state index in [0.29, 0.717) is 28.1 Å². The minimum Gasteiger partial charge on any atom is -0.472 e. The monoisotopic (exact) mass is 402 g/mol. The third-order valence-corrected chi connectivity index (χ3v) is 5.09. The van der Waals surface area contributed by atoms with E-state index in [1.807, 2.05) is 23.6 Å². The molecule has 0 radical (unpaired) electrons. The van der Waals surface area contributed by atoms with Gasteiger partial charge < -0.3 is 13.9 Å². The number of carbonyl (C=O) groups excluding carboxylic acids is 1. The Bertz CT molecular complexity index is 1180. The van der Waals surface area contributed by atoms with Crippen LogP contribution in [0.4, 0.5) is 0 Å². The number of ether oxygens (including phenoxy) is 2. The van der Waals surface area contributed by atoms with Crippen LogP contribution in [0.25, 0.3) is 21.7 Å². The first-order valence-electron chi connectivity index (χ1n) is 8.57. The summed E-state index contributed by atoms with van der Waals surface area (Å²) >= 11 is 1.54. The SMILES string of the molecule is COC(=O)c1ccc(Oc2nc(-c3cccs3)cc(-c3ccoc3)c2C#N)cc1. The number of thiophene rings is 1. The van der Waals surface area contributed by atoms with E-state index in [1.54, 1.807) is 54.2 Å². The Morgan fingerprint density at radius 2 is 2.03 bits per heavy atom. The fourth-order valence-electron chi connectivity index (χ4n) is 2.79. The van der Waals surface area contributed by atoms with Crippen molar-refractivity contribution in [2.24, 2.45) is 0 Å². The molecule has 7 heteroatoms. The molecule has 0 amide bonds. The maximum atomic E-state index is 11.6. The Hall–Kier alpha value is -3.89. The van der Waals surface area contributed by atoms with E-state index in [0.717, 1.165) is 10.4 Å². The molecule has 0 aliphatic heterocycles. The molecule has 0 bridgehead atoms. The molecule has 29 heavy (non-hydrogen) atoms. The van der Waals surface area contributed by atoms with Gasteiger partial charge in [-0.05, 0) is 47.8 Å². The van der Waals surface area contributed by atoms with Gasteiger partial charge in [-0.1, -0.05) is 6.07 Å². The number of carbonyl (C=O) groups is 1. The molecule has 0 aliphatic carbocycles. The Kier molecular flexibility index (Phi) is 5.10. The van der Waals surface area contributed by atoms with Gasteiger partial charge in [0.15, 0.2) is 0 Å². The van der Waals surface area contributed by atoms with Gasteiger partial charge in [0.25, 0.3) is 0 Å². The van der Waals surface area contributed by atoms with Crippen molar-refractivity contribution in [1.29, 1.82) is 5.26 Å². The van der Waals surface area contributed by atoms with Crippen molar-refractivity contribution < 1.29 is 18.7 Å². The number of rotatable bonds is 5. The summed E-state index contributed by atoms with van der Waals surface area (Å²) < 4.78 is 15.8. The van der Waals surface area contributed by atoms with Crippen LogP contribution in [0, 0.1) is 11.3 Å². The summed E-state index contributed by atoms with van der Waals surface area (Å²) in [6.07, 6.45) is 3.12. The lowest BCUT2D eigenvalue weighted by Crippen LogP contribution is -2.01. The van der Waals surface area contributed by atoms with Crippen molar-refractivity contribution in [3.8, 4) is 39.4 Å². The quantitative estimate of drug-likeness (QED) is 0.409. The third kappa shape index (κ3) is 3.74. The Labute approximate surface area is 170 Å². The minimum absolute atomic E-state index is 0.181. The molecule has 3 aromatic heterocycles. The number of esters is 1. The zero-order valence-electron chi connectivity index (χ0n) is 15.3. The molecule has 0 spiro atoms. The second kappa shape index (κ2) is 8.00. The highest BCUT2D eigenvalue weighted by atomic mass is 32.1. The molecular weight excluding hydrogens is 388 g/mol. The van der Waals surface area contributed by atoms with Gasteiger partial charge in [-0.3, -0.25) is 0 Å². The van der Waals surface area contributed by atoms with Gasteiger partial charge >= 0.3 is 5.97 Å². The second-order valence-electron chi connectivity index (χ2n) is 5.95. The molecule has 1 aromatic carbocycles. The maximum absolute atomic E-state index is 11.6. The van der Waals surface area contributed by atoms with Gasteiger partial charge in [0.05, 0.1) is 35.8 Å². The van der Waals surface area contributed by atoms with Crippen LogP contribution in [0.5, 0.6) is 11.6 Å². The Balaban J connectivity index is 1.79. The summed E-state index contributed by atoms with van der Waals surface area (Å²) in [6.45, 7) is 0. The fraction of sp³-hybridized carbons (Fsp3) is 0.0455. The van der Waals surface area contributed by atoms with E-state index in [4.69, 9.17) is 13.9 Å². The molecule has 6 nitrogen and oxygen atoms in total. The summed E-state index contributed by atoms with van der Waals surface area (Å²) in [6, 6.07) is 16.1. The van der Waals surface area contributed by atoms with Gasteiger partial charge in [-0.15, -0.1) is 11.3 Å². The first kappa shape index (κ1) is 18.5. The van der Waals surface area contributed by atoms with Crippen molar-refractivity contribution in [3.05, 3.63) is 77.6 Å². The molecular formula is C22H14N2O4S. The lowest BCUT2D eigenvalue weighted by molar-refractivity contribution is 0.0600. The van der Waals surface area contributed by atoms with Gasteiger partial charge in [0.2, 0.25) is 5.88 Å². The highest BCUT2D eigenvalue weighted by Crippen LogP contribution is 2.36. The number of aromatic nitrogens is 1. The number of hydrogen-bond acceptors (Lipinski definition) is 7. The van der Waals surface area contributed by atoms with Crippen LogP contribution in [-0.2, 0) is 4.74 Å². The van der Waals surface area contributed by atoms with E-state index in [9.17, 15) is 10.1 Å². The molecule has 0 saturated heterocycles. The summed E-state index contributed by atoms with van der Waals surface area (Å²) in [5, 5.41) is 11.7. The predicted octanol–water partition coefficient (Wildman–Crippen LogP) is 5.52. The lowest BCUT2D eigenvalue weighted by Gasteiger charge is -2.12. The number of furan rings is 1. The summed E-state index contributed by atoms with van der Waals surface area (Å²) in [4.78, 5) is 17.1. The first-order valence-corrected chi connectivity index (χ1v) is 9.45. The number of benzene rings is 1. The first-order chi connectivity index (χ1) is 14.2. The number of nitriles is 1. The van der Waals surface area contributed by atoms with E-state index in [1.165, 1.54) is 7.11 Å². The average molecular weight is 402 g/mol. The lowest BCUT2D eigenvalue weighted by atomic mass is 10.0. The van der Waals surface area contributed by atoms with Crippen molar-refractivity contribution >= 4 is 17.3 Å². The molecule has 0 aliphatic rings. The van der Waals surface area contributed by atoms with Crippen LogP contribution in [0.3, 0.4) is 0 Å². The van der Waals surface area contributed by atoms with Crippen LogP contribution in [0.1, 0.15) is 15.9 Å². The summed E-state index contributed by atoms with van der Waals surface area (Å²) in [5.41, 5.74) is 2.81. The zero-order chi connectivity index (χ0) is 20.2. The van der Waals surface area contributed by atoms with Crippen LogP contribution in [-0.4, -0.2) is 18.1 Å². The molecule has 0 saturated carbocycles. The minimum atomic E-state index is -0.436. The summed E-state index contributed by atoms with van der Waals surface area (Å²) in [5.74, 6) is 0.192. The molecule has 4 aromatic rings. The zero-order valence-corrected chi connectivity index (χ0v) is 16.1. The van der Waals surface area contributed by atoms with Crippen LogP contribution in [0.2, 0.25) is 0 Å². The number of methoxy groups -OCH3 is 1. The van der Waals surface area contributed by atoms with Crippen molar-refractivity contribution in [2.75, 3.05) is 7.11 Å². The Morgan fingerprint density at radius 3 is 2.66 bits per heavy atom. The van der Waals surface area contributed by atoms with Gasteiger partial charge in [-0.25, -0.2) is 9.78 Å². The normalized spacial score (nSPS) is 10.3. The van der Waals surface area contributed by atoms with Crippen molar-refractivity contribution in [1.82, 2.24) is 4.98 Å². The number of pyridine rings is 1. The highest BCUT2D eigenvalue weighted by molar-refractivity contribution is 7.13. The maximum Gasteiger partial charge on any atom is 0.337 e. The van der Waals surface area contributed by atoms with Gasteiger partial charge in [0.1, 0.15) is 17.4 Å². The molecule has 0 fully saturated rings. The van der Waals surface area contributed by atoms with Gasteiger partial charge in [0, 0.05) is 11.1 Å². The number of hydrogen-bond donors (Lipinski definition) is 0. The van der Waals surface area contributed by atoms with Crippen LogP contribution < -0.4 is 4.74 Å². The third-order valence-electron chi connectivity index (χ3n) is 4.19. The molecule has 0 atom stereocenters. The molecule has 142 valence electrons. The van der Waals surface area contributed by atoms with Crippen molar-refractivity contribution in [2.45, 2.75) is 0 Å². The largest absolute Gasteiger partial charge is 0.472 e. The van der Waals surface area contributed by atoms with E-state index in [2.05, 4.69) is 11.1 Å². The van der Waals surface area contributed by atoms with Gasteiger partial charge in [-0.2, -0.15) is 5.26 Å². The Morgan fingerprint density at radius 1 is 1.21 bits per heavy atom. The van der Waals surface area contributed by atoms with Crippen LogP contribution >= 0.6 is 11.3 Å².